The van der Waals surface area contributed by atoms with Crippen molar-refractivity contribution in [3.8, 4) is 0 Å². The molecule has 0 spiro atoms. The minimum atomic E-state index is -1.72. The van der Waals surface area contributed by atoms with Crippen molar-refractivity contribution in [2.24, 2.45) is 5.14 Å². The van der Waals surface area contributed by atoms with Gasteiger partial charge in [-0.1, -0.05) is 26.8 Å². The molecule has 1 heterocycles. The quantitative estimate of drug-likeness (QED) is 0.298. The van der Waals surface area contributed by atoms with Crippen molar-refractivity contribution >= 4 is 35.2 Å². The Bertz CT molecular complexity index is 618. The number of halogens is 1. The molecule has 4 nitrogen and oxygen atoms in total. The average Bonchev–Trinajstić information content (AvgIpc) is 2.49. The van der Waals surface area contributed by atoms with Crippen molar-refractivity contribution in [2.45, 2.75) is 82.7 Å². The molecule has 0 aliphatic carbocycles. The summed E-state index contributed by atoms with van der Waals surface area (Å²) in [6.45, 7) is 16.0. The van der Waals surface area contributed by atoms with Gasteiger partial charge in [0.2, 0.25) is 0 Å². The molecule has 2 N–H and O–H groups in total. The van der Waals surface area contributed by atoms with Crippen LogP contribution < -0.4 is 5.14 Å². The molecule has 0 saturated heterocycles. The Balaban J connectivity index is 2.79. The summed E-state index contributed by atoms with van der Waals surface area (Å²) in [6.07, 6.45) is 2.64. The Morgan fingerprint density at radius 2 is 1.88 bits per heavy atom. The van der Waals surface area contributed by atoms with E-state index < -0.39 is 24.1 Å². The summed E-state index contributed by atoms with van der Waals surface area (Å²) in [5, 5.41) is 5.93. The highest BCUT2D eigenvalue weighted by Gasteiger charge is 2.37. The van der Waals surface area contributed by atoms with Gasteiger partial charge in [0.05, 0.1) is 15.7 Å². The number of pyridine rings is 1. The highest BCUT2D eigenvalue weighted by atomic mass is 79.9. The minimum absolute atomic E-state index is 0.206. The normalized spacial score (nSPS) is 15.7. The summed E-state index contributed by atoms with van der Waals surface area (Å²) < 4.78 is 18.6. The Hall–Kier alpha value is -0.0831. The van der Waals surface area contributed by atoms with Gasteiger partial charge in [-0.3, -0.25) is 5.14 Å². The number of hydrogen-bond donors (Lipinski definition) is 1. The van der Waals surface area contributed by atoms with E-state index >= 15 is 0 Å². The third kappa shape index (κ3) is 7.15. The van der Waals surface area contributed by atoms with E-state index in [1.54, 1.807) is 0 Å². The second-order valence-electron chi connectivity index (χ2n) is 9.09. The first kappa shape index (κ1) is 24.0. The van der Waals surface area contributed by atoms with Crippen molar-refractivity contribution in [1.29, 1.82) is 0 Å². The van der Waals surface area contributed by atoms with Crippen LogP contribution in [0.15, 0.2) is 22.8 Å². The molecule has 7 heteroatoms. The third-order valence-electron chi connectivity index (χ3n) is 5.40. The summed E-state index contributed by atoms with van der Waals surface area (Å²) >= 11 is 3.45. The predicted octanol–water partition coefficient (Wildman–Crippen LogP) is 5.52. The summed E-state index contributed by atoms with van der Waals surface area (Å²) in [5.41, 5.74) is 1.02. The van der Waals surface area contributed by atoms with Gasteiger partial charge in [0, 0.05) is 18.2 Å². The Labute approximate surface area is 171 Å². The van der Waals surface area contributed by atoms with Gasteiger partial charge in [-0.2, -0.15) is 0 Å². The SMILES string of the molecule is CC(C)(C[C@H](CCCO[Si](C)(C)C(C)(C)C)c1cccc(Br)n1)S(N)=O. The zero-order valence-electron chi connectivity index (χ0n) is 17.3. The molecule has 150 valence electrons. The standard InChI is InChI=1S/C19H35BrN2O2SSi/c1-18(2,3)26(6,7)24-13-9-10-15(14-19(4,5)25(21)23)16-11-8-12-17(20)22-16/h8,11-12,15H,9-10,13-14,21H2,1-7H3/t15-,25?/m0/s1. The van der Waals surface area contributed by atoms with E-state index in [0.29, 0.717) is 0 Å². The first-order valence-electron chi connectivity index (χ1n) is 9.19. The topological polar surface area (TPSA) is 65.2 Å². The van der Waals surface area contributed by atoms with Gasteiger partial charge in [-0.05, 0) is 79.3 Å². The summed E-state index contributed by atoms with van der Waals surface area (Å²) in [5.74, 6) is 0.206. The fourth-order valence-corrected chi connectivity index (χ4v) is 4.37. The number of nitrogens with zero attached hydrogens (tertiary/aromatic N) is 1. The first-order chi connectivity index (χ1) is 11.8. The third-order valence-corrected chi connectivity index (χ3v) is 11.6. The summed E-state index contributed by atoms with van der Waals surface area (Å²) in [7, 11) is -3.09. The van der Waals surface area contributed by atoms with Crippen LogP contribution in [0.1, 0.15) is 65.5 Å². The molecule has 0 aliphatic rings. The molecular formula is C19H35BrN2O2SSi. The molecular weight excluding hydrogens is 428 g/mol. The zero-order valence-corrected chi connectivity index (χ0v) is 20.7. The molecule has 1 unspecified atom stereocenters. The molecule has 0 aliphatic heterocycles. The minimum Gasteiger partial charge on any atom is -0.417 e. The van der Waals surface area contributed by atoms with Gasteiger partial charge in [-0.15, -0.1) is 0 Å². The zero-order chi connectivity index (χ0) is 20.2. The molecule has 1 aromatic rings. The second-order valence-corrected chi connectivity index (χ2v) is 16.4. The van der Waals surface area contributed by atoms with Crippen molar-refractivity contribution in [2.75, 3.05) is 6.61 Å². The molecule has 2 atom stereocenters. The van der Waals surface area contributed by atoms with Gasteiger partial charge in [0.1, 0.15) is 4.60 Å². The van der Waals surface area contributed by atoms with E-state index in [4.69, 9.17) is 9.56 Å². The van der Waals surface area contributed by atoms with E-state index in [9.17, 15) is 4.21 Å². The number of nitrogens with two attached hydrogens (primary N) is 1. The van der Waals surface area contributed by atoms with Crippen LogP contribution >= 0.6 is 15.9 Å². The molecule has 0 radical (unpaired) electrons. The molecule has 0 amide bonds. The van der Waals surface area contributed by atoms with Crippen LogP contribution in [0.3, 0.4) is 0 Å². The van der Waals surface area contributed by atoms with Crippen molar-refractivity contribution in [3.63, 3.8) is 0 Å². The van der Waals surface area contributed by atoms with Gasteiger partial charge in [-0.25, -0.2) is 9.19 Å². The van der Waals surface area contributed by atoms with E-state index in [-0.39, 0.29) is 11.0 Å². The maximum atomic E-state index is 11.9. The molecule has 1 rings (SSSR count). The highest BCUT2D eigenvalue weighted by Crippen LogP contribution is 2.37. The second kappa shape index (κ2) is 9.41. The largest absolute Gasteiger partial charge is 0.417 e. The van der Waals surface area contributed by atoms with Gasteiger partial charge < -0.3 is 4.43 Å². The number of aromatic nitrogens is 1. The van der Waals surface area contributed by atoms with Crippen LogP contribution in [0.4, 0.5) is 0 Å². The molecule has 0 bridgehead atoms. The number of hydrogen-bond acceptors (Lipinski definition) is 3. The monoisotopic (exact) mass is 462 g/mol. The Morgan fingerprint density at radius 3 is 2.38 bits per heavy atom. The summed E-state index contributed by atoms with van der Waals surface area (Å²) in [4.78, 5) is 4.63. The fourth-order valence-electron chi connectivity index (χ4n) is 2.55. The lowest BCUT2D eigenvalue weighted by atomic mass is 9.89. The maximum absolute atomic E-state index is 11.9. The van der Waals surface area contributed by atoms with Crippen molar-refractivity contribution < 1.29 is 8.63 Å². The molecule has 1 aromatic heterocycles. The lowest BCUT2D eigenvalue weighted by Gasteiger charge is -2.36. The van der Waals surface area contributed by atoms with E-state index in [2.05, 4.69) is 54.8 Å². The highest BCUT2D eigenvalue weighted by molar-refractivity contribution is 9.10. The average molecular weight is 464 g/mol. The van der Waals surface area contributed by atoms with Crippen LogP contribution in [0.5, 0.6) is 0 Å². The molecule has 0 saturated carbocycles. The predicted molar refractivity (Wildman–Crippen MR) is 118 cm³/mol. The maximum Gasteiger partial charge on any atom is 0.191 e. The van der Waals surface area contributed by atoms with Crippen molar-refractivity contribution in [3.05, 3.63) is 28.5 Å². The van der Waals surface area contributed by atoms with Crippen molar-refractivity contribution in [1.82, 2.24) is 4.98 Å². The summed E-state index contributed by atoms with van der Waals surface area (Å²) in [6, 6.07) is 5.96. The van der Waals surface area contributed by atoms with Crippen LogP contribution in [0.25, 0.3) is 0 Å². The molecule has 26 heavy (non-hydrogen) atoms. The van der Waals surface area contributed by atoms with Gasteiger partial charge >= 0.3 is 0 Å². The number of rotatable bonds is 9. The van der Waals surface area contributed by atoms with E-state index in [1.807, 2.05) is 32.0 Å². The lowest BCUT2D eigenvalue weighted by Crippen LogP contribution is -2.41. The van der Waals surface area contributed by atoms with Crippen LogP contribution in [0.2, 0.25) is 18.1 Å². The lowest BCUT2D eigenvalue weighted by molar-refractivity contribution is 0.272. The van der Waals surface area contributed by atoms with Gasteiger partial charge in [0.15, 0.2) is 8.32 Å². The Kier molecular flexibility index (Phi) is 8.67. The smallest absolute Gasteiger partial charge is 0.191 e. The molecule has 0 aromatic carbocycles. The van der Waals surface area contributed by atoms with Crippen LogP contribution in [-0.4, -0.2) is 28.9 Å². The fraction of sp³-hybridized carbons (Fsp3) is 0.737. The Morgan fingerprint density at radius 1 is 1.27 bits per heavy atom. The molecule has 0 fully saturated rings. The first-order valence-corrected chi connectivity index (χ1v) is 14.1. The van der Waals surface area contributed by atoms with Gasteiger partial charge in [0.25, 0.3) is 0 Å². The van der Waals surface area contributed by atoms with E-state index in [0.717, 1.165) is 36.2 Å². The van der Waals surface area contributed by atoms with E-state index in [1.165, 1.54) is 0 Å². The van der Waals surface area contributed by atoms with Crippen LogP contribution in [-0.2, 0) is 15.4 Å². The van der Waals surface area contributed by atoms with Crippen LogP contribution in [0, 0.1) is 0 Å².